The Morgan fingerprint density at radius 2 is 2.55 bits per heavy atom. The molecule has 1 N–H and O–H groups in total. The van der Waals surface area contributed by atoms with Gasteiger partial charge in [-0.2, -0.15) is 0 Å². The van der Waals surface area contributed by atoms with Crippen LogP contribution in [0, 0.1) is 0 Å². The van der Waals surface area contributed by atoms with Gasteiger partial charge in [0.15, 0.2) is 5.82 Å². The van der Waals surface area contributed by atoms with Crippen LogP contribution in [0.5, 0.6) is 0 Å². The molecule has 0 aromatic carbocycles. The molecule has 1 rings (SSSR count). The molecular weight excluding hydrogens is 144 g/mol. The van der Waals surface area contributed by atoms with Crippen LogP contribution in [0.2, 0.25) is 0 Å². The number of rotatable bonds is 2. The first-order chi connectivity index (χ1) is 5.22. The second-order valence-electron chi connectivity index (χ2n) is 2.21. The molecule has 60 valence electrons. The zero-order chi connectivity index (χ0) is 8.27. The Morgan fingerprint density at radius 3 is 3.00 bits per heavy atom. The van der Waals surface area contributed by atoms with Crippen LogP contribution in [0.25, 0.3) is 0 Å². The Morgan fingerprint density at radius 1 is 1.82 bits per heavy atom. The topological polar surface area (TPSA) is 55.1 Å². The van der Waals surface area contributed by atoms with Crippen LogP contribution in [-0.4, -0.2) is 11.1 Å². The zero-order valence-corrected chi connectivity index (χ0v) is 6.55. The van der Waals surface area contributed by atoms with Crippen LogP contribution in [-0.2, 0) is 11.2 Å². The van der Waals surface area contributed by atoms with Gasteiger partial charge in [0, 0.05) is 19.4 Å². The second kappa shape index (κ2) is 3.18. The van der Waals surface area contributed by atoms with Gasteiger partial charge in [0.2, 0.25) is 5.91 Å². The molecule has 0 aliphatic heterocycles. The van der Waals surface area contributed by atoms with Gasteiger partial charge in [0.25, 0.3) is 0 Å². The van der Waals surface area contributed by atoms with E-state index in [1.807, 2.05) is 6.92 Å². The average molecular weight is 154 g/mol. The maximum atomic E-state index is 10.5. The molecule has 1 amide bonds. The van der Waals surface area contributed by atoms with Crippen LogP contribution in [0.1, 0.15) is 19.6 Å². The summed E-state index contributed by atoms with van der Waals surface area (Å²) in [6.07, 6.45) is 0.784. The Hall–Kier alpha value is -1.32. The maximum absolute atomic E-state index is 10.5. The van der Waals surface area contributed by atoms with Crippen molar-refractivity contribution in [2.45, 2.75) is 20.3 Å². The molecule has 0 radical (unpaired) electrons. The Kier molecular flexibility index (Phi) is 2.25. The molecule has 0 atom stereocenters. The molecule has 11 heavy (non-hydrogen) atoms. The average Bonchev–Trinajstić information content (AvgIpc) is 2.34. The Labute approximate surface area is 64.6 Å². The lowest BCUT2D eigenvalue weighted by Gasteiger charge is -1.90. The quantitative estimate of drug-likeness (QED) is 0.696. The van der Waals surface area contributed by atoms with Crippen LogP contribution < -0.4 is 5.32 Å². The summed E-state index contributed by atoms with van der Waals surface area (Å²) in [7, 11) is 0. The fourth-order valence-electron chi connectivity index (χ4n) is 0.719. The van der Waals surface area contributed by atoms with E-state index in [9.17, 15) is 4.79 Å². The summed E-state index contributed by atoms with van der Waals surface area (Å²) in [4.78, 5) is 10.5. The number of hydrogen-bond donors (Lipinski definition) is 1. The highest BCUT2D eigenvalue weighted by Gasteiger charge is 2.01. The smallest absolute Gasteiger partial charge is 0.222 e. The van der Waals surface area contributed by atoms with E-state index >= 15 is 0 Å². The first kappa shape index (κ1) is 7.78. The highest BCUT2D eigenvalue weighted by Crippen LogP contribution is 2.08. The molecular formula is C7H10N2O2. The van der Waals surface area contributed by atoms with E-state index in [4.69, 9.17) is 4.52 Å². The third-order valence-electron chi connectivity index (χ3n) is 1.21. The number of anilines is 1. The summed E-state index contributed by atoms with van der Waals surface area (Å²) in [5, 5.41) is 6.14. The van der Waals surface area contributed by atoms with Gasteiger partial charge in [-0.1, -0.05) is 12.1 Å². The van der Waals surface area contributed by atoms with E-state index in [0.29, 0.717) is 5.82 Å². The molecule has 0 saturated heterocycles. The minimum absolute atomic E-state index is 0.138. The lowest BCUT2D eigenvalue weighted by atomic mass is 10.3. The summed E-state index contributed by atoms with van der Waals surface area (Å²) in [5.41, 5.74) is 0. The number of carbonyl (C=O) groups excluding carboxylic acids is 1. The van der Waals surface area contributed by atoms with Gasteiger partial charge >= 0.3 is 0 Å². The summed E-state index contributed by atoms with van der Waals surface area (Å²) in [6.45, 7) is 3.39. The summed E-state index contributed by atoms with van der Waals surface area (Å²) < 4.78 is 4.85. The van der Waals surface area contributed by atoms with Crippen molar-refractivity contribution in [2.24, 2.45) is 0 Å². The van der Waals surface area contributed by atoms with Crippen molar-refractivity contribution < 1.29 is 9.32 Å². The van der Waals surface area contributed by atoms with Crippen molar-refractivity contribution in [2.75, 3.05) is 5.32 Å². The number of aryl methyl sites for hydroxylation is 1. The van der Waals surface area contributed by atoms with Gasteiger partial charge in [-0.05, 0) is 0 Å². The molecule has 0 saturated carbocycles. The monoisotopic (exact) mass is 154 g/mol. The normalized spacial score (nSPS) is 9.64. The summed E-state index contributed by atoms with van der Waals surface area (Å²) >= 11 is 0. The summed E-state index contributed by atoms with van der Waals surface area (Å²) in [5.74, 6) is 1.11. The van der Waals surface area contributed by atoms with Crippen molar-refractivity contribution >= 4 is 11.7 Å². The standard InChI is InChI=1S/C7H10N2O2/c1-3-6-4-7(9-11-6)8-5(2)10/h4H,3H2,1-2H3,(H,8,9,10). The Balaban J connectivity index is 2.65. The third-order valence-corrected chi connectivity index (χ3v) is 1.21. The van der Waals surface area contributed by atoms with E-state index in [1.54, 1.807) is 6.07 Å². The minimum atomic E-state index is -0.138. The largest absolute Gasteiger partial charge is 0.359 e. The minimum Gasteiger partial charge on any atom is -0.359 e. The number of aromatic nitrogens is 1. The van der Waals surface area contributed by atoms with Gasteiger partial charge in [-0.3, -0.25) is 4.79 Å². The van der Waals surface area contributed by atoms with Gasteiger partial charge in [-0.15, -0.1) is 0 Å². The van der Waals surface area contributed by atoms with E-state index in [-0.39, 0.29) is 5.91 Å². The SMILES string of the molecule is CCc1cc(NC(C)=O)no1. The number of hydrogen-bond acceptors (Lipinski definition) is 3. The van der Waals surface area contributed by atoms with Crippen molar-refractivity contribution in [3.63, 3.8) is 0 Å². The molecule has 0 aliphatic rings. The predicted octanol–water partition coefficient (Wildman–Crippen LogP) is 1.20. The second-order valence-corrected chi connectivity index (χ2v) is 2.21. The van der Waals surface area contributed by atoms with Crippen LogP contribution in [0.4, 0.5) is 5.82 Å². The van der Waals surface area contributed by atoms with Crippen LogP contribution in [0.3, 0.4) is 0 Å². The molecule has 0 bridgehead atoms. The van der Waals surface area contributed by atoms with Crippen molar-refractivity contribution in [3.8, 4) is 0 Å². The number of amides is 1. The van der Waals surface area contributed by atoms with Crippen LogP contribution >= 0.6 is 0 Å². The lowest BCUT2D eigenvalue weighted by molar-refractivity contribution is -0.114. The molecule has 1 aromatic rings. The molecule has 1 heterocycles. The fourth-order valence-corrected chi connectivity index (χ4v) is 0.719. The molecule has 4 nitrogen and oxygen atoms in total. The molecule has 0 unspecified atom stereocenters. The molecule has 0 aliphatic carbocycles. The van der Waals surface area contributed by atoms with E-state index in [2.05, 4.69) is 10.5 Å². The van der Waals surface area contributed by atoms with Crippen molar-refractivity contribution in [1.29, 1.82) is 0 Å². The molecule has 1 aromatic heterocycles. The van der Waals surface area contributed by atoms with Gasteiger partial charge < -0.3 is 9.84 Å². The van der Waals surface area contributed by atoms with Crippen LogP contribution in [0.15, 0.2) is 10.6 Å². The molecule has 0 fully saturated rings. The number of nitrogens with one attached hydrogen (secondary N) is 1. The van der Waals surface area contributed by atoms with Crippen molar-refractivity contribution in [1.82, 2.24) is 5.16 Å². The number of carbonyl (C=O) groups is 1. The first-order valence-electron chi connectivity index (χ1n) is 3.45. The maximum Gasteiger partial charge on any atom is 0.222 e. The third kappa shape index (κ3) is 2.07. The van der Waals surface area contributed by atoms with Gasteiger partial charge in [0.05, 0.1) is 0 Å². The fraction of sp³-hybridized carbons (Fsp3) is 0.429. The highest BCUT2D eigenvalue weighted by molar-refractivity contribution is 5.87. The highest BCUT2D eigenvalue weighted by atomic mass is 16.5. The van der Waals surface area contributed by atoms with Gasteiger partial charge in [-0.25, -0.2) is 0 Å². The van der Waals surface area contributed by atoms with Crippen molar-refractivity contribution in [3.05, 3.63) is 11.8 Å². The summed E-state index contributed by atoms with van der Waals surface area (Å²) in [6, 6.07) is 1.71. The molecule has 0 spiro atoms. The van der Waals surface area contributed by atoms with E-state index < -0.39 is 0 Å². The first-order valence-corrected chi connectivity index (χ1v) is 3.45. The Bertz CT molecular complexity index is 255. The van der Waals surface area contributed by atoms with E-state index in [0.717, 1.165) is 12.2 Å². The predicted molar refractivity (Wildman–Crippen MR) is 40.2 cm³/mol. The van der Waals surface area contributed by atoms with E-state index in [1.165, 1.54) is 6.92 Å². The van der Waals surface area contributed by atoms with Gasteiger partial charge in [0.1, 0.15) is 5.76 Å². The number of nitrogens with zero attached hydrogens (tertiary/aromatic N) is 1. The molecule has 4 heteroatoms. The zero-order valence-electron chi connectivity index (χ0n) is 6.55. The lowest BCUT2D eigenvalue weighted by Crippen LogP contribution is -2.05.